The highest BCUT2D eigenvalue weighted by Crippen LogP contribution is 2.43. The van der Waals surface area contributed by atoms with Crippen LogP contribution in [0.2, 0.25) is 0 Å². The fraction of sp³-hybridized carbons (Fsp3) is 0.173. The molecule has 0 spiro atoms. The first-order chi connectivity index (χ1) is 31.3. The molecule has 328 valence electrons. The number of hydrogen-bond acceptors (Lipinski definition) is 10. The number of carbonyl (C=O) groups is 4. The normalized spacial score (nSPS) is 11.9. The standard InChI is InChI=1S/C22H21O2P.C12H14O3.C11H14O3.C7H6O2/c1-2-24-22(23)18-25(19-12-6-3-7-13-19,20-14-8-4-9-15-20)21-16-10-5-11-17-21;1-3-15-12(14)9(2)8-10-4-6-11(13)7-5-10;1-2-14-11(13)8-5-9-3-6-10(12)7-4-9;8-5-6-1-3-7(9)4-2-6/h3-18H,2H2,1H3;4-8,13H,3H2,1-2H3;3-4,6-7,12H,2,5,8H2,1H3;1-5,9H/b;9-8+;;/i;;5D,8D;. The van der Waals surface area contributed by atoms with Gasteiger partial charge in [-0.2, -0.15) is 0 Å². The van der Waals surface area contributed by atoms with E-state index in [0.29, 0.717) is 29.9 Å². The summed E-state index contributed by atoms with van der Waals surface area (Å²) in [5.41, 5.74) is 2.49. The molecule has 0 aromatic heterocycles. The Morgan fingerprint density at radius 3 is 1.35 bits per heavy atom. The first kappa shape index (κ1) is 46.9. The lowest BCUT2D eigenvalue weighted by atomic mass is 10.1. The topological polar surface area (TPSA) is 157 Å². The molecule has 0 saturated carbocycles. The summed E-state index contributed by atoms with van der Waals surface area (Å²) in [6.45, 7) is 5.67. The van der Waals surface area contributed by atoms with Crippen molar-refractivity contribution in [3.8, 4) is 17.2 Å². The molecule has 2 atom stereocenters. The monoisotopic (exact) mass is 872 g/mol. The highest BCUT2D eigenvalue weighted by molar-refractivity contribution is 7.95. The molecule has 0 aliphatic heterocycles. The summed E-state index contributed by atoms with van der Waals surface area (Å²) in [6.07, 6.45) is 0.195. The lowest BCUT2D eigenvalue weighted by Gasteiger charge is -2.28. The van der Waals surface area contributed by atoms with Crippen LogP contribution < -0.4 is 15.9 Å². The van der Waals surface area contributed by atoms with Gasteiger partial charge in [0, 0.05) is 26.1 Å². The van der Waals surface area contributed by atoms with Gasteiger partial charge in [-0.1, -0.05) is 115 Å². The number of aldehydes is 1. The summed E-state index contributed by atoms with van der Waals surface area (Å²) in [6, 6.07) is 49.3. The third kappa shape index (κ3) is 17.4. The zero-order valence-electron chi connectivity index (χ0n) is 37.7. The van der Waals surface area contributed by atoms with E-state index in [-0.39, 0.29) is 35.8 Å². The number of aryl methyl sites for hydroxylation is 1. The highest BCUT2D eigenvalue weighted by Gasteiger charge is 2.26. The van der Waals surface area contributed by atoms with Crippen molar-refractivity contribution in [3.05, 3.63) is 186 Å². The fourth-order valence-electron chi connectivity index (χ4n) is 5.62. The minimum atomic E-state index is -2.24. The van der Waals surface area contributed by atoms with E-state index in [1.807, 2.05) is 61.5 Å². The first-order valence-corrected chi connectivity index (χ1v) is 21.9. The van der Waals surface area contributed by atoms with Crippen LogP contribution in [0.15, 0.2) is 169 Å². The Kier molecular flexibility index (Phi) is 20.6. The second kappa shape index (κ2) is 27.6. The van der Waals surface area contributed by atoms with E-state index in [1.54, 1.807) is 69.0 Å². The first-order valence-electron chi connectivity index (χ1n) is 21.2. The second-order valence-corrected chi connectivity index (χ2v) is 16.4. The summed E-state index contributed by atoms with van der Waals surface area (Å²) in [5.74, 6) is 1.000. The van der Waals surface area contributed by atoms with Crippen LogP contribution >= 0.6 is 6.89 Å². The van der Waals surface area contributed by atoms with Gasteiger partial charge >= 0.3 is 17.9 Å². The van der Waals surface area contributed by atoms with E-state index < -0.39 is 25.6 Å². The predicted octanol–water partition coefficient (Wildman–Crippen LogP) is 8.80. The average molecular weight is 873 g/mol. The van der Waals surface area contributed by atoms with Gasteiger partial charge in [0.25, 0.3) is 0 Å². The van der Waals surface area contributed by atoms with Crippen molar-refractivity contribution in [3.63, 3.8) is 0 Å². The van der Waals surface area contributed by atoms with Crippen LogP contribution in [0.25, 0.3) is 6.08 Å². The van der Waals surface area contributed by atoms with Crippen LogP contribution in [0.4, 0.5) is 0 Å². The van der Waals surface area contributed by atoms with Crippen molar-refractivity contribution in [2.45, 2.75) is 40.5 Å². The summed E-state index contributed by atoms with van der Waals surface area (Å²) in [7, 11) is 0. The molecule has 3 N–H and O–H groups in total. The Morgan fingerprint density at radius 2 is 0.952 bits per heavy atom. The molecule has 0 heterocycles. The van der Waals surface area contributed by atoms with Gasteiger partial charge in [0.1, 0.15) is 23.5 Å². The van der Waals surface area contributed by atoms with Gasteiger partial charge < -0.3 is 29.5 Å². The van der Waals surface area contributed by atoms with Gasteiger partial charge in [0.2, 0.25) is 0 Å². The molecular weight excluding hydrogens is 816 g/mol. The molecule has 0 radical (unpaired) electrons. The zero-order valence-corrected chi connectivity index (χ0v) is 36.6. The van der Waals surface area contributed by atoms with Crippen molar-refractivity contribution in [2.24, 2.45) is 0 Å². The van der Waals surface area contributed by atoms with E-state index in [9.17, 15) is 19.2 Å². The Hall–Kier alpha value is -7.16. The zero-order chi connectivity index (χ0) is 47.6. The van der Waals surface area contributed by atoms with E-state index in [2.05, 4.69) is 41.1 Å². The van der Waals surface area contributed by atoms with Crippen LogP contribution in [-0.4, -0.2) is 65.1 Å². The molecule has 2 unspecified atom stereocenters. The third-order valence-electron chi connectivity index (χ3n) is 8.57. The predicted molar refractivity (Wildman–Crippen MR) is 253 cm³/mol. The fourth-order valence-corrected chi connectivity index (χ4v) is 9.27. The highest BCUT2D eigenvalue weighted by atomic mass is 31.2. The van der Waals surface area contributed by atoms with Crippen molar-refractivity contribution in [1.82, 2.24) is 0 Å². The molecule has 11 heteroatoms. The van der Waals surface area contributed by atoms with Crippen molar-refractivity contribution in [1.29, 1.82) is 0 Å². The second-order valence-electron chi connectivity index (χ2n) is 13.1. The molecule has 0 saturated heterocycles. The van der Waals surface area contributed by atoms with Crippen molar-refractivity contribution < 1.29 is 51.4 Å². The quantitative estimate of drug-likeness (QED) is 0.0337. The SMILES string of the molecule is CCOC(=O)/C(C)=C/c1ccc(O)cc1.CCOC(=O)C=P(c1ccccc1)(c1ccccc1)c1ccccc1.O=Cc1ccc(O)cc1.[2H]C(C(=O)OCC)C([2H])c1ccc(O)cc1. The Labute approximate surface area is 372 Å². The Bertz CT molecular complexity index is 2340. The molecule has 10 nitrogen and oxygen atoms in total. The molecule has 6 aromatic carbocycles. The van der Waals surface area contributed by atoms with Crippen LogP contribution in [0.5, 0.6) is 17.2 Å². The molecule has 0 aliphatic rings. The van der Waals surface area contributed by atoms with Gasteiger partial charge in [-0.3, -0.25) is 9.59 Å². The number of aromatic hydroxyl groups is 3. The average Bonchev–Trinajstić information content (AvgIpc) is 3.33. The lowest BCUT2D eigenvalue weighted by molar-refractivity contribution is -0.143. The number of phenols is 3. The number of carbonyl (C=O) groups excluding carboxylic acids is 4. The van der Waals surface area contributed by atoms with Crippen LogP contribution in [0, 0.1) is 0 Å². The molecule has 0 fully saturated rings. The minimum absolute atomic E-state index is 0.0913. The van der Waals surface area contributed by atoms with Crippen molar-refractivity contribution >= 4 is 58.9 Å². The molecule has 6 aromatic rings. The minimum Gasteiger partial charge on any atom is -0.508 e. The molecule has 63 heavy (non-hydrogen) atoms. The molecule has 0 aliphatic carbocycles. The smallest absolute Gasteiger partial charge is 0.333 e. The largest absolute Gasteiger partial charge is 0.508 e. The number of hydrogen-bond donors (Lipinski definition) is 3. The van der Waals surface area contributed by atoms with E-state index in [4.69, 9.17) is 27.5 Å². The van der Waals surface area contributed by atoms with Crippen LogP contribution in [0.3, 0.4) is 0 Å². The lowest BCUT2D eigenvalue weighted by Crippen LogP contribution is -2.29. The maximum atomic E-state index is 12.5. The third-order valence-corrected chi connectivity index (χ3v) is 12.5. The number of phenolic OH excluding ortho intramolecular Hbond substituents is 3. The number of ether oxygens (including phenoxy) is 3. The van der Waals surface area contributed by atoms with Gasteiger partial charge in [-0.15, -0.1) is 0 Å². The van der Waals surface area contributed by atoms with Gasteiger partial charge in [-0.25, -0.2) is 9.59 Å². The van der Waals surface area contributed by atoms with Crippen molar-refractivity contribution in [2.75, 3.05) is 19.8 Å². The van der Waals surface area contributed by atoms with Crippen LogP contribution in [0.1, 0.15) is 58.3 Å². The van der Waals surface area contributed by atoms with E-state index in [1.165, 1.54) is 36.4 Å². The number of benzene rings is 6. The van der Waals surface area contributed by atoms with Crippen LogP contribution in [-0.2, 0) is 35.0 Å². The molecule has 0 bridgehead atoms. The van der Waals surface area contributed by atoms with Gasteiger partial charge in [0.15, 0.2) is 0 Å². The summed E-state index contributed by atoms with van der Waals surface area (Å²) >= 11 is 0. The summed E-state index contributed by atoms with van der Waals surface area (Å²) in [5, 5.41) is 30.3. The molecule has 0 amide bonds. The number of esters is 3. The maximum absolute atomic E-state index is 12.5. The summed E-state index contributed by atoms with van der Waals surface area (Å²) < 4.78 is 30.1. The molecular formula is C52H55O10P. The summed E-state index contributed by atoms with van der Waals surface area (Å²) in [4.78, 5) is 45.1. The Morgan fingerprint density at radius 1 is 0.556 bits per heavy atom. The molecule has 6 rings (SSSR count). The van der Waals surface area contributed by atoms with Gasteiger partial charge in [-0.05, 0) is 123 Å². The Balaban J connectivity index is 0.000000245. The maximum Gasteiger partial charge on any atom is 0.333 e. The van der Waals surface area contributed by atoms with E-state index in [0.717, 1.165) is 27.8 Å². The van der Waals surface area contributed by atoms with Gasteiger partial charge in [0.05, 0.1) is 19.8 Å². The number of rotatable bonds is 13. The van der Waals surface area contributed by atoms with E-state index >= 15 is 0 Å².